The Labute approximate surface area is 373 Å². The van der Waals surface area contributed by atoms with Crippen molar-refractivity contribution in [3.63, 3.8) is 0 Å². The Hall–Kier alpha value is -0.0231. The molecule has 0 N–H and O–H groups in total. The van der Waals surface area contributed by atoms with Gasteiger partial charge in [0.1, 0.15) is 0 Å². The molecule has 0 amide bonds. The van der Waals surface area contributed by atoms with Crippen LogP contribution in [0.5, 0.6) is 0 Å². The van der Waals surface area contributed by atoms with Crippen LogP contribution in [0.25, 0.3) is 0 Å². The van der Waals surface area contributed by atoms with Crippen LogP contribution in [-0.4, -0.2) is 72.6 Å². The van der Waals surface area contributed by atoms with Crippen molar-refractivity contribution in [1.82, 2.24) is 4.90 Å². The van der Waals surface area contributed by atoms with E-state index in [0.29, 0.717) is 0 Å². The molecule has 0 aliphatic heterocycles. The first kappa shape index (κ1) is 53.1. The SMILES string of the molecule is CCCCCSCSCCCCCCCCC(CCCCCCCCSCSCCCCC)N(C)CCCCO[Si](c1ccccc1)(c1ccccc1)C(C)(C)C. The average Bonchev–Trinajstić information content (AvgIpc) is 3.21. The summed E-state index contributed by atoms with van der Waals surface area (Å²) in [5.41, 5.74) is 0. The summed E-state index contributed by atoms with van der Waals surface area (Å²) in [5.74, 6) is 5.42. The third kappa shape index (κ3) is 24.3. The van der Waals surface area contributed by atoms with Gasteiger partial charge in [0.05, 0.1) is 0 Å². The third-order valence-electron chi connectivity index (χ3n) is 11.5. The molecule has 0 bridgehead atoms. The van der Waals surface area contributed by atoms with Crippen molar-refractivity contribution in [2.24, 2.45) is 0 Å². The number of benzene rings is 2. The molecule has 0 heterocycles. The standard InChI is InChI=1S/C50H89NOS4Si/c1-7-9-29-41-53-45-55-43-31-17-13-11-15-21-33-47(34-22-16-12-14-18-32-44-56-46-54-42-30-10-8-2)51(6)39-27-28-40-52-57(50(3,4)5,48-35-23-19-24-36-48)49-37-25-20-26-38-49/h19-20,23-26,35-38,47H,7-18,21-22,27-34,39-46H2,1-6H3. The van der Waals surface area contributed by atoms with Crippen molar-refractivity contribution < 1.29 is 4.43 Å². The Morgan fingerprint density at radius 2 is 0.895 bits per heavy atom. The molecule has 0 spiro atoms. The molecule has 0 aliphatic carbocycles. The molecule has 0 unspecified atom stereocenters. The molecule has 7 heteroatoms. The molecule has 2 aromatic rings. The van der Waals surface area contributed by atoms with Gasteiger partial charge >= 0.3 is 0 Å². The van der Waals surface area contributed by atoms with E-state index in [9.17, 15) is 0 Å². The predicted octanol–water partition coefficient (Wildman–Crippen LogP) is 15.3. The van der Waals surface area contributed by atoms with E-state index in [-0.39, 0.29) is 5.04 Å². The van der Waals surface area contributed by atoms with Crippen LogP contribution in [0.3, 0.4) is 0 Å². The molecule has 57 heavy (non-hydrogen) atoms. The quantitative estimate of drug-likeness (QED) is 0.0374. The summed E-state index contributed by atoms with van der Waals surface area (Å²) in [6.07, 6.45) is 30.3. The second kappa shape index (κ2) is 35.6. The van der Waals surface area contributed by atoms with E-state index in [1.54, 1.807) is 0 Å². The average molecular weight is 877 g/mol. The number of thioether (sulfide) groups is 4. The van der Waals surface area contributed by atoms with E-state index in [0.717, 1.165) is 19.1 Å². The Bertz CT molecular complexity index is 1080. The minimum atomic E-state index is -2.46. The van der Waals surface area contributed by atoms with Gasteiger partial charge in [0.15, 0.2) is 0 Å². The topological polar surface area (TPSA) is 12.5 Å². The van der Waals surface area contributed by atoms with E-state index in [4.69, 9.17) is 4.43 Å². The van der Waals surface area contributed by atoms with Gasteiger partial charge in [0, 0.05) is 22.8 Å². The summed E-state index contributed by atoms with van der Waals surface area (Å²) in [4.78, 5) is 2.73. The van der Waals surface area contributed by atoms with Crippen molar-refractivity contribution in [1.29, 1.82) is 0 Å². The van der Waals surface area contributed by atoms with Gasteiger partial charge in [-0.3, -0.25) is 0 Å². The maximum atomic E-state index is 7.24. The molecule has 0 saturated heterocycles. The second-order valence-electron chi connectivity index (χ2n) is 17.5. The zero-order valence-electron chi connectivity index (χ0n) is 38.1. The molecule has 0 aromatic heterocycles. The lowest BCUT2D eigenvalue weighted by molar-refractivity contribution is 0.198. The summed E-state index contributed by atoms with van der Waals surface area (Å²) >= 11 is 8.63. The van der Waals surface area contributed by atoms with Crippen LogP contribution in [0.4, 0.5) is 0 Å². The number of hydrogen-bond donors (Lipinski definition) is 0. The van der Waals surface area contributed by atoms with E-state index >= 15 is 0 Å². The van der Waals surface area contributed by atoms with E-state index < -0.39 is 8.32 Å². The molecule has 0 atom stereocenters. The lowest BCUT2D eigenvalue weighted by atomic mass is 9.99. The molecule has 0 saturated carbocycles. The number of hydrogen-bond acceptors (Lipinski definition) is 6. The first-order valence-corrected chi connectivity index (χ1v) is 30.2. The Kier molecular flexibility index (Phi) is 33.1. The minimum absolute atomic E-state index is 0.0366. The number of unbranched alkanes of at least 4 members (excludes halogenated alkanes) is 15. The van der Waals surface area contributed by atoms with E-state index in [1.807, 2.05) is 0 Å². The van der Waals surface area contributed by atoms with Gasteiger partial charge in [-0.25, -0.2) is 0 Å². The highest BCUT2D eigenvalue weighted by Crippen LogP contribution is 2.37. The van der Waals surface area contributed by atoms with Crippen molar-refractivity contribution in [2.75, 3.05) is 53.4 Å². The van der Waals surface area contributed by atoms with E-state index in [2.05, 4.69) is 154 Å². The highest BCUT2D eigenvalue weighted by Gasteiger charge is 2.49. The Morgan fingerprint density at radius 1 is 0.509 bits per heavy atom. The lowest BCUT2D eigenvalue weighted by Crippen LogP contribution is -2.66. The zero-order chi connectivity index (χ0) is 41.1. The predicted molar refractivity (Wildman–Crippen MR) is 272 cm³/mol. The fourth-order valence-electron chi connectivity index (χ4n) is 8.06. The van der Waals surface area contributed by atoms with Crippen molar-refractivity contribution in [3.8, 4) is 0 Å². The fourth-order valence-corrected chi connectivity index (χ4v) is 17.1. The first-order valence-electron chi connectivity index (χ1n) is 23.6. The molecule has 0 radical (unpaired) electrons. The Morgan fingerprint density at radius 3 is 1.30 bits per heavy atom. The first-order chi connectivity index (χ1) is 27.9. The third-order valence-corrected chi connectivity index (χ3v) is 21.6. The number of rotatable bonds is 39. The van der Waals surface area contributed by atoms with Gasteiger partial charge < -0.3 is 9.33 Å². The molecular weight excluding hydrogens is 787 g/mol. The maximum Gasteiger partial charge on any atom is 0.261 e. The summed E-state index contributed by atoms with van der Waals surface area (Å²) in [6, 6.07) is 23.0. The maximum absolute atomic E-state index is 7.24. The van der Waals surface area contributed by atoms with Gasteiger partial charge in [-0.2, -0.15) is 47.0 Å². The van der Waals surface area contributed by atoms with Crippen LogP contribution in [0.2, 0.25) is 5.04 Å². The summed E-state index contributed by atoms with van der Waals surface area (Å²) in [7, 11) is -0.0354. The van der Waals surface area contributed by atoms with Gasteiger partial charge in [0.2, 0.25) is 0 Å². The summed E-state index contributed by atoms with van der Waals surface area (Å²) in [5, 5.41) is 5.40. The van der Waals surface area contributed by atoms with Crippen molar-refractivity contribution in [3.05, 3.63) is 60.7 Å². The normalized spacial score (nSPS) is 12.4. The molecule has 2 nitrogen and oxygen atoms in total. The van der Waals surface area contributed by atoms with Crippen LogP contribution in [0.1, 0.15) is 176 Å². The molecule has 0 aliphatic rings. The van der Waals surface area contributed by atoms with Crippen molar-refractivity contribution >= 4 is 65.7 Å². The highest BCUT2D eigenvalue weighted by atomic mass is 32.2. The molecule has 2 rings (SSSR count). The van der Waals surface area contributed by atoms with Crippen LogP contribution >= 0.6 is 47.0 Å². The fraction of sp³-hybridized carbons (Fsp3) is 0.760. The van der Waals surface area contributed by atoms with Gasteiger partial charge in [0.25, 0.3) is 8.32 Å². The zero-order valence-corrected chi connectivity index (χ0v) is 42.3. The molecular formula is C50H89NOS4Si. The molecule has 2 aromatic carbocycles. The monoisotopic (exact) mass is 876 g/mol. The highest BCUT2D eigenvalue weighted by molar-refractivity contribution is 8.16. The van der Waals surface area contributed by atoms with Crippen LogP contribution < -0.4 is 10.4 Å². The molecule has 0 fully saturated rings. The van der Waals surface area contributed by atoms with E-state index in [1.165, 1.54) is 185 Å². The lowest BCUT2D eigenvalue weighted by Gasteiger charge is -2.43. The Balaban J connectivity index is 1.77. The summed E-state index contributed by atoms with van der Waals surface area (Å²) < 4.78 is 7.24. The second-order valence-corrected chi connectivity index (χ2v) is 26.9. The van der Waals surface area contributed by atoms with Crippen molar-refractivity contribution in [2.45, 2.75) is 187 Å². The smallest absolute Gasteiger partial charge is 0.261 e. The largest absolute Gasteiger partial charge is 0.407 e. The van der Waals surface area contributed by atoms with Crippen LogP contribution in [0, 0.1) is 0 Å². The summed E-state index contributed by atoms with van der Waals surface area (Å²) in [6.45, 7) is 13.8. The van der Waals surface area contributed by atoms with Crippen LogP contribution in [0.15, 0.2) is 60.7 Å². The number of nitrogens with zero attached hydrogens (tertiary/aromatic N) is 1. The molecule has 328 valence electrons. The van der Waals surface area contributed by atoms with Gasteiger partial charge in [-0.05, 0) is 103 Å². The van der Waals surface area contributed by atoms with Gasteiger partial charge in [-0.1, -0.05) is 185 Å². The minimum Gasteiger partial charge on any atom is -0.407 e. The van der Waals surface area contributed by atoms with Gasteiger partial charge in [-0.15, -0.1) is 0 Å². The van der Waals surface area contributed by atoms with Crippen LogP contribution in [-0.2, 0) is 4.43 Å².